The molecule has 1 aliphatic carbocycles. The minimum absolute atomic E-state index is 0.160. The lowest BCUT2D eigenvalue weighted by atomic mass is 9.87. The van der Waals surface area contributed by atoms with E-state index in [4.69, 9.17) is 32.7 Å². The van der Waals surface area contributed by atoms with Crippen LogP contribution in [-0.2, 0) is 61.7 Å². The maximum atomic E-state index is 15.2. The summed E-state index contributed by atoms with van der Waals surface area (Å²) >= 11 is 12.8. The largest absolute Gasteiger partial charge is 0.457 e. The molecule has 7 rings (SSSR count). The molecule has 0 spiro atoms. The van der Waals surface area contributed by atoms with Crippen LogP contribution in [0.3, 0.4) is 0 Å². The van der Waals surface area contributed by atoms with Gasteiger partial charge < -0.3 is 44.3 Å². The molecule has 15 nitrogen and oxygen atoms in total. The number of hydrogen-bond donors (Lipinski definition) is 2. The predicted molar refractivity (Wildman–Crippen MR) is 283 cm³/mol. The first-order chi connectivity index (χ1) is 35.8. The van der Waals surface area contributed by atoms with Crippen molar-refractivity contribution in [3.05, 3.63) is 136 Å². The zero-order chi connectivity index (χ0) is 53.9. The second kappa shape index (κ2) is 25.9. The number of likely N-dealkylation sites (N-methyl/N-ethyl adjacent to an activating group) is 2. The van der Waals surface area contributed by atoms with Crippen LogP contribution in [0.25, 0.3) is 11.3 Å². The SMILES string of the molecule is C[C@H]1C(=O)N[C@@H](COC(F)F)C(=O)N(C)[C@@H](Cc2ccc(Cl)cc2)CC(=O)N[C@H]2CCCC[C@@H]2N(C)C(=O)[C@H](Cc2ccccc2)CC(=O)N1Cc1ccc(Cl)cc1Oc1ccc(-c2cnc(CN(C)C)n2C)cc1. The summed E-state index contributed by atoms with van der Waals surface area (Å²) in [5.74, 6) is -2.27. The van der Waals surface area contributed by atoms with Crippen molar-refractivity contribution >= 4 is 52.7 Å². The molecule has 6 atom stereocenters. The number of rotatable bonds is 14. The molecular weight excluding hydrogens is 1010 g/mol. The minimum atomic E-state index is -3.30. The summed E-state index contributed by atoms with van der Waals surface area (Å²) in [7, 11) is 9.05. The Morgan fingerprint density at radius 1 is 0.787 bits per heavy atom. The van der Waals surface area contributed by atoms with Crippen LogP contribution in [0.2, 0.25) is 10.0 Å². The van der Waals surface area contributed by atoms with E-state index in [-0.39, 0.29) is 43.9 Å². The Kier molecular flexibility index (Phi) is 19.5. The lowest BCUT2D eigenvalue weighted by molar-refractivity contribution is -0.154. The van der Waals surface area contributed by atoms with Crippen molar-refractivity contribution < 1.29 is 42.2 Å². The summed E-state index contributed by atoms with van der Waals surface area (Å²) in [4.78, 5) is 84.6. The number of carbonyl (C=O) groups excluding carboxylic acids is 5. The van der Waals surface area contributed by atoms with Gasteiger partial charge >= 0.3 is 6.61 Å². The molecule has 75 heavy (non-hydrogen) atoms. The van der Waals surface area contributed by atoms with E-state index in [1.54, 1.807) is 66.5 Å². The molecule has 5 amide bonds. The van der Waals surface area contributed by atoms with E-state index < -0.39 is 73.0 Å². The van der Waals surface area contributed by atoms with Crippen molar-refractivity contribution in [3.8, 4) is 22.8 Å². The number of nitrogens with one attached hydrogen (secondary N) is 2. The zero-order valence-corrected chi connectivity index (χ0v) is 44.7. The summed E-state index contributed by atoms with van der Waals surface area (Å²) in [5, 5.41) is 6.59. The quantitative estimate of drug-likeness (QED) is 0.112. The minimum Gasteiger partial charge on any atom is -0.457 e. The average Bonchev–Trinajstić information content (AvgIpc) is 3.74. The first-order valence-corrected chi connectivity index (χ1v) is 25.9. The number of alkyl halides is 2. The van der Waals surface area contributed by atoms with Crippen LogP contribution in [-0.4, -0.2) is 130 Å². The Morgan fingerprint density at radius 3 is 2.16 bits per heavy atom. The van der Waals surface area contributed by atoms with Crippen LogP contribution in [0, 0.1) is 5.92 Å². The van der Waals surface area contributed by atoms with Gasteiger partial charge in [-0.1, -0.05) is 84.6 Å². The highest BCUT2D eigenvalue weighted by Gasteiger charge is 2.39. The Bertz CT molecular complexity index is 2770. The maximum Gasteiger partial charge on any atom is 0.345 e. The van der Waals surface area contributed by atoms with Gasteiger partial charge in [-0.05, 0) is 106 Å². The van der Waals surface area contributed by atoms with Gasteiger partial charge in [0.1, 0.15) is 29.4 Å². The Morgan fingerprint density at radius 2 is 1.47 bits per heavy atom. The van der Waals surface area contributed by atoms with Crippen LogP contribution in [0.15, 0.2) is 103 Å². The second-order valence-electron chi connectivity index (χ2n) is 19.8. The lowest BCUT2D eigenvalue weighted by Crippen LogP contribution is -2.58. The van der Waals surface area contributed by atoms with Crippen molar-refractivity contribution in [1.82, 2.24) is 39.8 Å². The molecule has 5 aromatic rings. The number of imidazole rings is 1. The van der Waals surface area contributed by atoms with Gasteiger partial charge in [0.2, 0.25) is 29.5 Å². The average molecular weight is 1070 g/mol. The highest BCUT2D eigenvalue weighted by atomic mass is 35.5. The molecular formula is C56H66Cl2F2N8O7. The van der Waals surface area contributed by atoms with E-state index in [0.717, 1.165) is 41.1 Å². The molecule has 2 fully saturated rings. The number of ether oxygens (including phenoxy) is 2. The van der Waals surface area contributed by atoms with Crippen molar-refractivity contribution in [2.45, 2.75) is 108 Å². The van der Waals surface area contributed by atoms with E-state index in [1.807, 2.05) is 79.3 Å². The van der Waals surface area contributed by atoms with Crippen molar-refractivity contribution in [1.29, 1.82) is 0 Å². The molecule has 1 aliphatic heterocycles. The third kappa shape index (κ3) is 14.9. The fourth-order valence-electron chi connectivity index (χ4n) is 9.93. The smallest absolute Gasteiger partial charge is 0.345 e. The Labute approximate surface area is 447 Å². The fourth-order valence-corrected chi connectivity index (χ4v) is 10.2. The standard InChI is InChI=1S/C56H66Cl2F2N8O7/c1-35-53(71)63-46(34-74-56(59)60)55(73)65(4)43(27-37-16-21-41(57)22-17-37)30-51(69)62-45-14-10-11-15-47(45)67(6)54(72)40(26-36-12-8-7-9-13-36)28-52(70)68(35)32-39-18-23-42(58)29-49(39)75-44-24-19-38(20-25-44)48-31-61-50(66(48)5)33-64(2)3/h7-9,12-13,16-25,29,31,35,40,43,45-47,56H,10-11,14-15,26-28,30,32-34H2,1-6H3,(H,62,69)(H,63,71)/t35-,40+,43-,45-,46-,47-/m0/s1. The molecule has 1 aromatic heterocycles. The maximum absolute atomic E-state index is 15.2. The summed E-state index contributed by atoms with van der Waals surface area (Å²) in [6.07, 6.45) is 4.37. The molecule has 0 unspecified atom stereocenters. The first kappa shape index (κ1) is 56.3. The summed E-state index contributed by atoms with van der Waals surface area (Å²) in [6.45, 7) is -2.34. The number of amides is 5. The predicted octanol–water partition coefficient (Wildman–Crippen LogP) is 8.30. The van der Waals surface area contributed by atoms with E-state index in [0.29, 0.717) is 40.7 Å². The molecule has 0 radical (unpaired) electrons. The molecule has 2 aliphatic rings. The number of carbonyl (C=O) groups is 5. The van der Waals surface area contributed by atoms with Gasteiger partial charge in [-0.2, -0.15) is 8.78 Å². The van der Waals surface area contributed by atoms with Crippen molar-refractivity contribution in [2.24, 2.45) is 13.0 Å². The van der Waals surface area contributed by atoms with E-state index >= 15 is 9.59 Å². The lowest BCUT2D eigenvalue weighted by Gasteiger charge is -2.40. The monoisotopic (exact) mass is 1070 g/mol. The Hall–Kier alpha value is -6.40. The number of fused-ring (bicyclic) bond motifs is 1. The van der Waals surface area contributed by atoms with Crippen molar-refractivity contribution in [2.75, 3.05) is 34.8 Å². The van der Waals surface area contributed by atoms with Gasteiger partial charge in [0.05, 0.1) is 43.5 Å². The molecule has 19 heteroatoms. The zero-order valence-electron chi connectivity index (χ0n) is 43.2. The number of nitrogens with zero attached hydrogens (tertiary/aromatic N) is 6. The van der Waals surface area contributed by atoms with Crippen LogP contribution in [0.1, 0.15) is 68.0 Å². The van der Waals surface area contributed by atoms with Gasteiger partial charge in [-0.15, -0.1) is 0 Å². The highest BCUT2D eigenvalue weighted by molar-refractivity contribution is 6.31. The molecule has 0 bridgehead atoms. The molecule has 4 aromatic carbocycles. The summed E-state index contributed by atoms with van der Waals surface area (Å²) < 4.78 is 40.8. The van der Waals surface area contributed by atoms with Gasteiger partial charge in [0.15, 0.2) is 0 Å². The van der Waals surface area contributed by atoms with Crippen LogP contribution in [0.5, 0.6) is 11.5 Å². The molecule has 1 saturated heterocycles. The van der Waals surface area contributed by atoms with Crippen LogP contribution < -0.4 is 15.4 Å². The number of halogens is 4. The highest BCUT2D eigenvalue weighted by Crippen LogP contribution is 2.33. The normalized spacial score (nSPS) is 21.7. The number of benzene rings is 4. The fraction of sp³-hybridized carbons (Fsp3) is 0.429. The Balaban J connectivity index is 1.27. The number of hydrogen-bond acceptors (Lipinski definition) is 9. The van der Waals surface area contributed by atoms with Gasteiger partial charge in [-0.25, -0.2) is 4.98 Å². The molecule has 2 heterocycles. The number of aromatic nitrogens is 2. The van der Waals surface area contributed by atoms with E-state index in [2.05, 4.69) is 15.6 Å². The molecule has 2 N–H and O–H groups in total. The van der Waals surface area contributed by atoms with Crippen molar-refractivity contribution in [3.63, 3.8) is 0 Å². The summed E-state index contributed by atoms with van der Waals surface area (Å²) in [6, 6.07) is 23.7. The van der Waals surface area contributed by atoms with Crippen LogP contribution in [0.4, 0.5) is 8.78 Å². The van der Waals surface area contributed by atoms with E-state index in [9.17, 15) is 23.2 Å². The molecule has 400 valence electrons. The third-order valence-corrected chi connectivity index (χ3v) is 14.7. The molecule has 1 saturated carbocycles. The van der Waals surface area contributed by atoms with Gasteiger partial charge in [0.25, 0.3) is 0 Å². The van der Waals surface area contributed by atoms with Gasteiger partial charge in [-0.3, -0.25) is 24.0 Å². The van der Waals surface area contributed by atoms with E-state index in [1.165, 1.54) is 23.8 Å². The topological polar surface area (TPSA) is 159 Å². The summed E-state index contributed by atoms with van der Waals surface area (Å²) in [5.41, 5.74) is 3.79. The van der Waals surface area contributed by atoms with Gasteiger partial charge in [0, 0.05) is 67.2 Å². The second-order valence-corrected chi connectivity index (χ2v) is 20.7. The first-order valence-electron chi connectivity index (χ1n) is 25.2. The third-order valence-electron chi connectivity index (χ3n) is 14.2. The van der Waals surface area contributed by atoms with Crippen LogP contribution >= 0.6 is 23.2 Å².